The van der Waals surface area contributed by atoms with Crippen molar-refractivity contribution >= 4 is 38.9 Å². The minimum atomic E-state index is 0.260. The van der Waals surface area contributed by atoms with E-state index in [1.54, 1.807) is 11.3 Å². The van der Waals surface area contributed by atoms with Crippen molar-refractivity contribution in [2.24, 2.45) is 0 Å². The minimum absolute atomic E-state index is 0.260. The molecule has 1 aromatic heterocycles. The molecule has 0 bridgehead atoms. The Morgan fingerprint density at radius 3 is 3.07 bits per heavy atom. The molecule has 0 fully saturated rings. The van der Waals surface area contributed by atoms with Gasteiger partial charge in [-0.05, 0) is 58.6 Å². The third-order valence-electron chi connectivity index (χ3n) is 2.51. The third-order valence-corrected chi connectivity index (χ3v) is 4.66. The SMILES string of the molecule is ClC1C=C(Cc2ccsc2Br)CCC1. The molecule has 76 valence electrons. The Hall–Kier alpha value is 0.210. The lowest BCUT2D eigenvalue weighted by molar-refractivity contribution is 0.693. The normalized spacial score (nSPS) is 22.1. The van der Waals surface area contributed by atoms with Crippen molar-refractivity contribution in [2.45, 2.75) is 31.1 Å². The molecule has 1 heterocycles. The molecule has 1 aliphatic rings. The topological polar surface area (TPSA) is 0 Å². The van der Waals surface area contributed by atoms with Crippen molar-refractivity contribution in [1.82, 2.24) is 0 Å². The van der Waals surface area contributed by atoms with Gasteiger partial charge < -0.3 is 0 Å². The Morgan fingerprint density at radius 1 is 1.57 bits per heavy atom. The lowest BCUT2D eigenvalue weighted by Gasteiger charge is -2.16. The number of hydrogen-bond acceptors (Lipinski definition) is 1. The first-order valence-corrected chi connectivity index (χ1v) is 6.92. The number of rotatable bonds is 2. The molecule has 0 radical (unpaired) electrons. The molecule has 1 aliphatic carbocycles. The summed E-state index contributed by atoms with van der Waals surface area (Å²) in [6.07, 6.45) is 6.88. The maximum absolute atomic E-state index is 6.11. The molecule has 0 spiro atoms. The van der Waals surface area contributed by atoms with Crippen LogP contribution < -0.4 is 0 Å². The highest BCUT2D eigenvalue weighted by Gasteiger charge is 2.12. The van der Waals surface area contributed by atoms with Crippen LogP contribution >= 0.6 is 38.9 Å². The molecule has 2 rings (SSSR count). The van der Waals surface area contributed by atoms with E-state index in [0.29, 0.717) is 0 Å². The maximum Gasteiger partial charge on any atom is 0.0733 e. The first-order chi connectivity index (χ1) is 6.75. The zero-order valence-corrected chi connectivity index (χ0v) is 11.0. The van der Waals surface area contributed by atoms with Gasteiger partial charge in [0.05, 0.1) is 9.16 Å². The smallest absolute Gasteiger partial charge is 0.0733 e. The van der Waals surface area contributed by atoms with Crippen LogP contribution in [0, 0.1) is 0 Å². The number of hydrogen-bond donors (Lipinski definition) is 0. The van der Waals surface area contributed by atoms with E-state index >= 15 is 0 Å². The highest BCUT2D eigenvalue weighted by Crippen LogP contribution is 2.29. The summed E-state index contributed by atoms with van der Waals surface area (Å²) in [5, 5.41) is 2.39. The molecule has 1 unspecified atom stereocenters. The van der Waals surface area contributed by atoms with Gasteiger partial charge in [0.2, 0.25) is 0 Å². The Balaban J connectivity index is 2.07. The summed E-state index contributed by atoms with van der Waals surface area (Å²) in [7, 11) is 0. The Labute approximate surface area is 102 Å². The number of thiophene rings is 1. The van der Waals surface area contributed by atoms with Gasteiger partial charge in [-0.1, -0.05) is 11.6 Å². The van der Waals surface area contributed by atoms with E-state index in [2.05, 4.69) is 33.5 Å². The monoisotopic (exact) mass is 290 g/mol. The highest BCUT2D eigenvalue weighted by atomic mass is 79.9. The fraction of sp³-hybridized carbons (Fsp3) is 0.455. The van der Waals surface area contributed by atoms with E-state index in [1.807, 2.05) is 0 Å². The maximum atomic E-state index is 6.11. The third kappa shape index (κ3) is 2.62. The Kier molecular flexibility index (Phi) is 3.69. The largest absolute Gasteiger partial charge is 0.137 e. The van der Waals surface area contributed by atoms with Gasteiger partial charge in [-0.25, -0.2) is 0 Å². The molecule has 1 aromatic rings. The fourth-order valence-electron chi connectivity index (χ4n) is 1.78. The average molecular weight is 292 g/mol. The van der Waals surface area contributed by atoms with E-state index in [1.165, 1.54) is 27.8 Å². The van der Waals surface area contributed by atoms with E-state index < -0.39 is 0 Å². The number of alkyl halides is 1. The first-order valence-electron chi connectivity index (χ1n) is 4.81. The van der Waals surface area contributed by atoms with Crippen LogP contribution in [0.25, 0.3) is 0 Å². The summed E-state index contributed by atoms with van der Waals surface area (Å²) in [4.78, 5) is 0. The number of allylic oxidation sites excluding steroid dienone is 2. The Bertz CT molecular complexity index is 343. The molecular formula is C11H12BrClS. The van der Waals surface area contributed by atoms with Gasteiger partial charge in [-0.15, -0.1) is 22.9 Å². The van der Waals surface area contributed by atoms with E-state index in [4.69, 9.17) is 11.6 Å². The summed E-state index contributed by atoms with van der Waals surface area (Å²) < 4.78 is 1.26. The van der Waals surface area contributed by atoms with Crippen LogP contribution in [0.15, 0.2) is 26.9 Å². The number of halogens is 2. The van der Waals surface area contributed by atoms with E-state index in [9.17, 15) is 0 Å². The molecule has 0 saturated carbocycles. The summed E-state index contributed by atoms with van der Waals surface area (Å²) in [6, 6.07) is 2.19. The van der Waals surface area contributed by atoms with Crippen LogP contribution in [0.1, 0.15) is 24.8 Å². The van der Waals surface area contributed by atoms with Gasteiger partial charge in [-0.3, -0.25) is 0 Å². The van der Waals surface area contributed by atoms with Crippen LogP contribution in [0.5, 0.6) is 0 Å². The van der Waals surface area contributed by atoms with Crippen molar-refractivity contribution in [3.05, 3.63) is 32.4 Å². The van der Waals surface area contributed by atoms with Gasteiger partial charge >= 0.3 is 0 Å². The van der Waals surface area contributed by atoms with Crippen LogP contribution in [0.3, 0.4) is 0 Å². The molecule has 0 N–H and O–H groups in total. The Morgan fingerprint density at radius 2 is 2.43 bits per heavy atom. The molecule has 1 atom stereocenters. The average Bonchev–Trinajstić information content (AvgIpc) is 2.52. The zero-order valence-electron chi connectivity index (χ0n) is 7.80. The summed E-state index contributed by atoms with van der Waals surface area (Å²) >= 11 is 11.4. The van der Waals surface area contributed by atoms with E-state index in [0.717, 1.165) is 12.8 Å². The molecule has 0 amide bonds. The second-order valence-corrected chi connectivity index (χ2v) is 6.42. The molecule has 0 nitrogen and oxygen atoms in total. The zero-order chi connectivity index (χ0) is 9.97. The van der Waals surface area contributed by atoms with Gasteiger partial charge in [0.15, 0.2) is 0 Å². The summed E-state index contributed by atoms with van der Waals surface area (Å²) in [5.41, 5.74) is 2.89. The van der Waals surface area contributed by atoms with Crippen molar-refractivity contribution < 1.29 is 0 Å². The highest BCUT2D eigenvalue weighted by molar-refractivity contribution is 9.11. The molecule has 0 saturated heterocycles. The molecule has 14 heavy (non-hydrogen) atoms. The minimum Gasteiger partial charge on any atom is -0.137 e. The molecule has 0 aromatic carbocycles. The van der Waals surface area contributed by atoms with Crippen LogP contribution in [0.4, 0.5) is 0 Å². The lowest BCUT2D eigenvalue weighted by atomic mass is 9.95. The van der Waals surface area contributed by atoms with Crippen molar-refractivity contribution in [2.75, 3.05) is 0 Å². The van der Waals surface area contributed by atoms with E-state index in [-0.39, 0.29) is 5.38 Å². The predicted molar refractivity (Wildman–Crippen MR) is 67.3 cm³/mol. The van der Waals surface area contributed by atoms with Crippen molar-refractivity contribution in [3.63, 3.8) is 0 Å². The fourth-order valence-corrected chi connectivity index (χ4v) is 3.36. The second-order valence-electron chi connectivity index (χ2n) is 3.63. The standard InChI is InChI=1S/C11H12BrClS/c12-11-9(4-5-14-11)6-8-2-1-3-10(13)7-8/h4-5,7,10H,1-3,6H2. The lowest BCUT2D eigenvalue weighted by Crippen LogP contribution is -2.04. The van der Waals surface area contributed by atoms with Crippen LogP contribution in [0.2, 0.25) is 0 Å². The van der Waals surface area contributed by atoms with Gasteiger partial charge in [-0.2, -0.15) is 0 Å². The summed E-state index contributed by atoms with van der Waals surface area (Å²) in [6.45, 7) is 0. The second kappa shape index (κ2) is 4.82. The molecule has 3 heteroatoms. The van der Waals surface area contributed by atoms with Gasteiger partial charge in [0, 0.05) is 0 Å². The van der Waals surface area contributed by atoms with Crippen molar-refractivity contribution in [1.29, 1.82) is 0 Å². The van der Waals surface area contributed by atoms with Crippen LogP contribution in [-0.2, 0) is 6.42 Å². The first kappa shape index (κ1) is 10.7. The van der Waals surface area contributed by atoms with Gasteiger partial charge in [0.1, 0.15) is 0 Å². The van der Waals surface area contributed by atoms with Crippen LogP contribution in [-0.4, -0.2) is 5.38 Å². The molecular weight excluding hydrogens is 280 g/mol. The quantitative estimate of drug-likeness (QED) is 0.544. The summed E-state index contributed by atoms with van der Waals surface area (Å²) in [5.74, 6) is 0. The predicted octanol–water partition coefficient (Wildman–Crippen LogP) is 4.77. The van der Waals surface area contributed by atoms with Crippen molar-refractivity contribution in [3.8, 4) is 0 Å². The van der Waals surface area contributed by atoms with Gasteiger partial charge in [0.25, 0.3) is 0 Å². The molecule has 0 aliphatic heterocycles.